The zero-order valence-electron chi connectivity index (χ0n) is 14.4. The van der Waals surface area contributed by atoms with Gasteiger partial charge in [0.2, 0.25) is 5.91 Å². The van der Waals surface area contributed by atoms with E-state index >= 15 is 0 Å². The van der Waals surface area contributed by atoms with Crippen LogP contribution in [0.1, 0.15) is 24.1 Å². The normalized spacial score (nSPS) is 13.5. The average molecular weight is 381 g/mol. The van der Waals surface area contributed by atoms with Crippen molar-refractivity contribution < 1.29 is 32.6 Å². The molecule has 5 nitrogen and oxygen atoms in total. The van der Waals surface area contributed by atoms with E-state index in [1.54, 1.807) is 30.3 Å². The molecule has 0 fully saturated rings. The van der Waals surface area contributed by atoms with Gasteiger partial charge in [-0.3, -0.25) is 9.59 Å². The molecular weight excluding hydrogens is 363 g/mol. The Morgan fingerprint density at radius 2 is 1.78 bits per heavy atom. The fourth-order valence-corrected chi connectivity index (χ4v) is 2.56. The Bertz CT molecular complexity index is 793. The van der Waals surface area contributed by atoms with Crippen LogP contribution in [-0.4, -0.2) is 23.3 Å². The van der Waals surface area contributed by atoms with E-state index in [-0.39, 0.29) is 6.42 Å². The van der Waals surface area contributed by atoms with Gasteiger partial charge in [0.1, 0.15) is 5.75 Å². The molecule has 2 N–H and O–H groups in total. The Hall–Kier alpha value is -3.03. The van der Waals surface area contributed by atoms with Crippen molar-refractivity contribution in [3.8, 4) is 5.75 Å². The molecule has 8 heteroatoms. The summed E-state index contributed by atoms with van der Waals surface area (Å²) in [5.41, 5.74) is 0.930. The zero-order valence-corrected chi connectivity index (χ0v) is 14.4. The predicted molar refractivity (Wildman–Crippen MR) is 91.0 cm³/mol. The minimum atomic E-state index is -4.82. The lowest BCUT2D eigenvalue weighted by Gasteiger charge is -2.23. The summed E-state index contributed by atoms with van der Waals surface area (Å²) in [6.45, 7) is 1.47. The first-order valence-electron chi connectivity index (χ1n) is 8.07. The summed E-state index contributed by atoms with van der Waals surface area (Å²) in [7, 11) is 0. The maximum Gasteiger partial charge on any atom is 0.573 e. The smallest absolute Gasteiger partial charge is 0.481 e. The number of aliphatic carboxylic acids is 1. The van der Waals surface area contributed by atoms with Crippen molar-refractivity contribution in [2.24, 2.45) is 5.92 Å². The molecule has 144 valence electrons. The van der Waals surface area contributed by atoms with E-state index < -0.39 is 35.9 Å². The summed E-state index contributed by atoms with van der Waals surface area (Å²) >= 11 is 0. The Kier molecular flexibility index (Phi) is 6.44. The summed E-state index contributed by atoms with van der Waals surface area (Å²) in [5, 5.41) is 11.9. The van der Waals surface area contributed by atoms with E-state index in [1.165, 1.54) is 19.1 Å². The number of hydrogen-bond donors (Lipinski definition) is 2. The molecule has 2 aromatic carbocycles. The molecule has 0 bridgehead atoms. The zero-order chi connectivity index (χ0) is 20.0. The Labute approximate surface area is 153 Å². The van der Waals surface area contributed by atoms with Gasteiger partial charge in [0.25, 0.3) is 0 Å². The molecule has 1 amide bonds. The highest BCUT2D eigenvalue weighted by atomic mass is 19.4. The second-order valence-electron chi connectivity index (χ2n) is 5.95. The first-order valence-corrected chi connectivity index (χ1v) is 8.07. The molecule has 0 aromatic heterocycles. The molecule has 2 unspecified atom stereocenters. The van der Waals surface area contributed by atoms with Gasteiger partial charge >= 0.3 is 12.3 Å². The molecule has 2 rings (SSSR count). The molecule has 0 radical (unpaired) electrons. The number of carboxylic acid groups (broad SMARTS) is 1. The Morgan fingerprint density at radius 3 is 2.37 bits per heavy atom. The number of hydrogen-bond acceptors (Lipinski definition) is 3. The lowest BCUT2D eigenvalue weighted by Crippen LogP contribution is -2.36. The maximum absolute atomic E-state index is 12.4. The number of halogens is 3. The molecule has 0 aliphatic heterocycles. The van der Waals surface area contributed by atoms with Crippen LogP contribution in [0.2, 0.25) is 0 Å². The van der Waals surface area contributed by atoms with Crippen LogP contribution < -0.4 is 10.1 Å². The summed E-state index contributed by atoms with van der Waals surface area (Å²) in [6.07, 6.45) is -5.04. The van der Waals surface area contributed by atoms with E-state index in [0.717, 1.165) is 12.1 Å². The van der Waals surface area contributed by atoms with Gasteiger partial charge in [-0.15, -0.1) is 13.2 Å². The van der Waals surface area contributed by atoms with E-state index in [1.807, 2.05) is 0 Å². The van der Waals surface area contributed by atoms with E-state index in [4.69, 9.17) is 0 Å². The number of nitrogens with one attached hydrogen (secondary N) is 1. The number of ether oxygens (including phenoxy) is 1. The van der Waals surface area contributed by atoms with Crippen molar-refractivity contribution in [1.29, 1.82) is 0 Å². The highest BCUT2D eigenvalue weighted by Gasteiger charge is 2.31. The van der Waals surface area contributed by atoms with E-state index in [2.05, 4.69) is 10.1 Å². The predicted octanol–water partition coefficient (Wildman–Crippen LogP) is 3.71. The highest BCUT2D eigenvalue weighted by molar-refractivity contribution is 5.80. The summed E-state index contributed by atoms with van der Waals surface area (Å²) in [5.74, 6) is -2.91. The van der Waals surface area contributed by atoms with Crippen LogP contribution in [0.4, 0.5) is 13.2 Å². The Balaban J connectivity index is 2.12. The lowest BCUT2D eigenvalue weighted by molar-refractivity contribution is -0.274. The van der Waals surface area contributed by atoms with Crippen LogP contribution in [0.3, 0.4) is 0 Å². The van der Waals surface area contributed by atoms with Crippen LogP contribution in [0.25, 0.3) is 0 Å². The van der Waals surface area contributed by atoms with Crippen molar-refractivity contribution in [3.63, 3.8) is 0 Å². The third kappa shape index (κ3) is 6.32. The van der Waals surface area contributed by atoms with Crippen molar-refractivity contribution in [3.05, 3.63) is 65.7 Å². The van der Waals surface area contributed by atoms with E-state index in [9.17, 15) is 27.9 Å². The molecule has 2 atom stereocenters. The first-order chi connectivity index (χ1) is 12.7. The second-order valence-corrected chi connectivity index (χ2v) is 5.95. The largest absolute Gasteiger partial charge is 0.573 e. The number of benzene rings is 2. The van der Waals surface area contributed by atoms with Gasteiger partial charge in [-0.2, -0.15) is 0 Å². The lowest BCUT2D eigenvalue weighted by atomic mass is 9.94. The third-order valence-electron chi connectivity index (χ3n) is 3.86. The fourth-order valence-electron chi connectivity index (χ4n) is 2.56. The number of amides is 1. The standard InChI is InChI=1S/C19H18F3NO4/c1-12(18(25)26)17(14-7-3-2-4-8-14)23-16(24)11-13-6-5-9-15(10-13)27-19(20,21)22/h2-10,12,17H,11H2,1H3,(H,23,24)(H,25,26). The molecule has 0 saturated carbocycles. The number of carbonyl (C=O) groups is 2. The fraction of sp³-hybridized carbons (Fsp3) is 0.263. The third-order valence-corrected chi connectivity index (χ3v) is 3.86. The Morgan fingerprint density at radius 1 is 1.11 bits per heavy atom. The van der Waals surface area contributed by atoms with Crippen LogP contribution in [0, 0.1) is 5.92 Å². The van der Waals surface area contributed by atoms with Gasteiger partial charge in [-0.05, 0) is 30.2 Å². The monoisotopic (exact) mass is 381 g/mol. The highest BCUT2D eigenvalue weighted by Crippen LogP contribution is 2.25. The molecule has 27 heavy (non-hydrogen) atoms. The van der Waals surface area contributed by atoms with Gasteiger partial charge in [-0.1, -0.05) is 42.5 Å². The van der Waals surface area contributed by atoms with Crippen LogP contribution in [-0.2, 0) is 16.0 Å². The number of rotatable bonds is 7. The molecule has 0 saturated heterocycles. The summed E-state index contributed by atoms with van der Waals surface area (Å²) in [4.78, 5) is 23.7. The van der Waals surface area contributed by atoms with Gasteiger partial charge in [0.15, 0.2) is 0 Å². The number of carboxylic acids is 1. The van der Waals surface area contributed by atoms with Crippen LogP contribution >= 0.6 is 0 Å². The molecule has 0 aliphatic carbocycles. The van der Waals surface area contributed by atoms with Crippen LogP contribution in [0.15, 0.2) is 54.6 Å². The average Bonchev–Trinajstić information content (AvgIpc) is 2.58. The van der Waals surface area contributed by atoms with Gasteiger partial charge in [0, 0.05) is 0 Å². The van der Waals surface area contributed by atoms with Crippen molar-refractivity contribution >= 4 is 11.9 Å². The molecule has 0 spiro atoms. The van der Waals surface area contributed by atoms with Gasteiger partial charge in [-0.25, -0.2) is 0 Å². The summed E-state index contributed by atoms with van der Waals surface area (Å²) in [6, 6.07) is 12.9. The van der Waals surface area contributed by atoms with Crippen molar-refractivity contribution in [2.45, 2.75) is 25.7 Å². The topological polar surface area (TPSA) is 75.6 Å². The minimum Gasteiger partial charge on any atom is -0.481 e. The number of carbonyl (C=O) groups excluding carboxylic acids is 1. The van der Waals surface area contributed by atoms with Gasteiger partial charge in [0.05, 0.1) is 18.4 Å². The molecule has 2 aromatic rings. The second kappa shape index (κ2) is 8.57. The van der Waals surface area contributed by atoms with Crippen molar-refractivity contribution in [2.75, 3.05) is 0 Å². The molecule has 0 aliphatic rings. The summed E-state index contributed by atoms with van der Waals surface area (Å²) < 4.78 is 40.7. The number of alkyl halides is 3. The van der Waals surface area contributed by atoms with Crippen LogP contribution in [0.5, 0.6) is 5.75 Å². The molecule has 0 heterocycles. The SMILES string of the molecule is CC(C(=O)O)C(NC(=O)Cc1cccc(OC(F)(F)F)c1)c1ccccc1. The van der Waals surface area contributed by atoms with E-state index in [0.29, 0.717) is 11.1 Å². The quantitative estimate of drug-likeness (QED) is 0.767. The maximum atomic E-state index is 12.4. The first kappa shape index (κ1) is 20.3. The minimum absolute atomic E-state index is 0.218. The van der Waals surface area contributed by atoms with Crippen molar-refractivity contribution in [1.82, 2.24) is 5.32 Å². The molecular formula is C19H18F3NO4. The van der Waals surface area contributed by atoms with Gasteiger partial charge < -0.3 is 15.2 Å².